The van der Waals surface area contributed by atoms with Crippen molar-refractivity contribution in [2.75, 3.05) is 13.2 Å². The summed E-state index contributed by atoms with van der Waals surface area (Å²) < 4.78 is 0. The van der Waals surface area contributed by atoms with Crippen LogP contribution in [0.4, 0.5) is 0 Å². The van der Waals surface area contributed by atoms with E-state index in [4.69, 9.17) is 4.84 Å². The lowest BCUT2D eigenvalue weighted by Crippen LogP contribution is -2.53. The van der Waals surface area contributed by atoms with E-state index in [1.807, 2.05) is 0 Å². The van der Waals surface area contributed by atoms with E-state index in [0.29, 0.717) is 30.7 Å². The van der Waals surface area contributed by atoms with Crippen LogP contribution in [-0.4, -0.2) is 45.7 Å². The fraction of sp³-hybridized carbons (Fsp3) is 0.667. The van der Waals surface area contributed by atoms with Crippen molar-refractivity contribution in [1.29, 1.82) is 0 Å². The lowest BCUT2D eigenvalue weighted by molar-refractivity contribution is -0.125. The highest BCUT2D eigenvalue weighted by Gasteiger charge is 2.62. The van der Waals surface area contributed by atoms with Crippen molar-refractivity contribution in [3.8, 4) is 11.5 Å². The number of fused-ring (bicyclic) bond motifs is 5. The number of carbonyl (C=O) groups is 1. The van der Waals surface area contributed by atoms with E-state index in [-0.39, 0.29) is 34.8 Å². The third kappa shape index (κ3) is 4.64. The summed E-state index contributed by atoms with van der Waals surface area (Å²) in [4.78, 5) is 17.6. The first-order valence-electron chi connectivity index (χ1n) is 13.9. The first-order chi connectivity index (χ1) is 17.5. The average Bonchev–Trinajstić information content (AvgIpc) is 3.10. The molecule has 0 saturated heterocycles. The Hall–Kier alpha value is -2.54. The highest BCUT2D eigenvalue weighted by Crippen LogP contribution is 2.67. The number of rotatable bonds is 6. The van der Waals surface area contributed by atoms with E-state index < -0.39 is 5.60 Å². The van der Waals surface area contributed by atoms with E-state index in [0.717, 1.165) is 49.8 Å². The zero-order chi connectivity index (χ0) is 26.4. The molecule has 0 spiro atoms. The first-order valence-corrected chi connectivity index (χ1v) is 13.9. The molecular formula is C30H42N2O5. The summed E-state index contributed by atoms with van der Waals surface area (Å²) in [5.74, 6) is 1.43. The van der Waals surface area contributed by atoms with Gasteiger partial charge in [0, 0.05) is 6.54 Å². The molecule has 6 atom stereocenters. The van der Waals surface area contributed by atoms with Gasteiger partial charge in [0.2, 0.25) is 0 Å². The normalized spacial score (nSPS) is 37.8. The topological polar surface area (TPSA) is 111 Å². The predicted molar refractivity (Wildman–Crippen MR) is 142 cm³/mol. The van der Waals surface area contributed by atoms with Gasteiger partial charge in [-0.05, 0) is 117 Å². The molecular weight excluding hydrogens is 468 g/mol. The molecule has 2 unspecified atom stereocenters. The molecule has 1 aromatic carbocycles. The molecule has 0 bridgehead atoms. The minimum absolute atomic E-state index is 0.0489. The van der Waals surface area contributed by atoms with Gasteiger partial charge in [-0.1, -0.05) is 30.6 Å². The van der Waals surface area contributed by atoms with Gasteiger partial charge in [-0.25, -0.2) is 0 Å². The molecule has 37 heavy (non-hydrogen) atoms. The first kappa shape index (κ1) is 26.1. The molecule has 4 aliphatic rings. The van der Waals surface area contributed by atoms with Crippen molar-refractivity contribution in [3.63, 3.8) is 0 Å². The van der Waals surface area contributed by atoms with Gasteiger partial charge in [0.15, 0.2) is 18.1 Å². The number of phenolic OH excluding ortho intramolecular Hbond substituents is 2. The van der Waals surface area contributed by atoms with Gasteiger partial charge in [-0.2, -0.15) is 0 Å². The summed E-state index contributed by atoms with van der Waals surface area (Å²) in [5.41, 5.74) is 2.93. The van der Waals surface area contributed by atoms with Gasteiger partial charge in [-0.15, -0.1) is 0 Å². The molecule has 4 N–H and O–H groups in total. The highest BCUT2D eigenvalue weighted by molar-refractivity contribution is 5.96. The summed E-state index contributed by atoms with van der Waals surface area (Å²) in [6, 6.07) is 4.64. The van der Waals surface area contributed by atoms with Crippen molar-refractivity contribution in [2.45, 2.75) is 84.2 Å². The quantitative estimate of drug-likeness (QED) is 0.323. The summed E-state index contributed by atoms with van der Waals surface area (Å²) in [6.45, 7) is 7.13. The van der Waals surface area contributed by atoms with Crippen molar-refractivity contribution >= 4 is 11.6 Å². The number of hydrogen-bond donors (Lipinski definition) is 4. The van der Waals surface area contributed by atoms with Crippen LogP contribution in [0, 0.1) is 28.6 Å². The number of phenols is 2. The van der Waals surface area contributed by atoms with Crippen molar-refractivity contribution in [2.24, 2.45) is 33.7 Å². The standard InChI is InChI=1S/C30H42N2O5/c1-28-12-8-21(32-37-18-27(35)31-15-11-19-4-7-25(33)26(34)16-19)17-20(28)5-6-22-23(28)9-13-29(2)24(22)10-14-30(29,3)36/h4,7,16-17,22-24,33-34,36H,5-6,8-15,18H2,1-3H3,(H,31,35)/b32-21+/t22-,23?,24?,28+,29+,30+/m1/s1. The smallest absolute Gasteiger partial charge is 0.260 e. The average molecular weight is 511 g/mol. The van der Waals surface area contributed by atoms with Crippen LogP contribution in [0.3, 0.4) is 0 Å². The Balaban J connectivity index is 1.14. The maximum Gasteiger partial charge on any atom is 0.260 e. The lowest BCUT2D eigenvalue weighted by Gasteiger charge is -2.59. The zero-order valence-electron chi connectivity index (χ0n) is 22.4. The molecule has 202 valence electrons. The van der Waals surface area contributed by atoms with Crippen LogP contribution in [0.25, 0.3) is 0 Å². The molecule has 0 heterocycles. The molecule has 0 aliphatic heterocycles. The number of aromatic hydroxyl groups is 2. The third-order valence-electron chi connectivity index (χ3n) is 10.7. The monoisotopic (exact) mass is 510 g/mol. The molecule has 0 aromatic heterocycles. The van der Waals surface area contributed by atoms with Crippen LogP contribution in [0.15, 0.2) is 35.0 Å². The number of amides is 1. The molecule has 5 rings (SSSR count). The van der Waals surface area contributed by atoms with E-state index in [9.17, 15) is 20.1 Å². The van der Waals surface area contributed by atoms with Gasteiger partial charge in [0.1, 0.15) is 0 Å². The molecule has 3 saturated carbocycles. The maximum absolute atomic E-state index is 12.2. The Morgan fingerprint density at radius 3 is 2.62 bits per heavy atom. The Bertz CT molecular complexity index is 1110. The Kier molecular flexibility index (Phi) is 6.80. The lowest BCUT2D eigenvalue weighted by atomic mass is 9.46. The Morgan fingerprint density at radius 2 is 1.84 bits per heavy atom. The fourth-order valence-electron chi connectivity index (χ4n) is 8.18. The van der Waals surface area contributed by atoms with Gasteiger partial charge < -0.3 is 25.5 Å². The number of allylic oxidation sites excluding steroid dienone is 2. The molecule has 4 aliphatic carbocycles. The minimum Gasteiger partial charge on any atom is -0.504 e. The van der Waals surface area contributed by atoms with Crippen LogP contribution in [0.2, 0.25) is 0 Å². The number of hydrogen-bond acceptors (Lipinski definition) is 6. The minimum atomic E-state index is -0.538. The van der Waals surface area contributed by atoms with Gasteiger partial charge in [0.05, 0.1) is 11.3 Å². The highest BCUT2D eigenvalue weighted by atomic mass is 16.6. The molecule has 7 nitrogen and oxygen atoms in total. The largest absolute Gasteiger partial charge is 0.504 e. The van der Waals surface area contributed by atoms with Gasteiger partial charge >= 0.3 is 0 Å². The molecule has 3 fully saturated rings. The third-order valence-corrected chi connectivity index (χ3v) is 10.7. The van der Waals surface area contributed by atoms with Crippen LogP contribution in [0.5, 0.6) is 11.5 Å². The summed E-state index contributed by atoms with van der Waals surface area (Å²) in [7, 11) is 0. The maximum atomic E-state index is 12.2. The number of nitrogens with zero attached hydrogens (tertiary/aromatic N) is 1. The van der Waals surface area contributed by atoms with E-state index >= 15 is 0 Å². The molecule has 1 amide bonds. The number of carbonyl (C=O) groups excluding carboxylic acids is 1. The number of nitrogens with one attached hydrogen (secondary N) is 1. The summed E-state index contributed by atoms with van der Waals surface area (Å²) in [6.07, 6.45) is 11.3. The number of aliphatic hydroxyl groups is 1. The Morgan fingerprint density at radius 1 is 1.05 bits per heavy atom. The summed E-state index contributed by atoms with van der Waals surface area (Å²) in [5, 5.41) is 37.2. The molecule has 1 aromatic rings. The number of benzene rings is 1. The number of oxime groups is 1. The van der Waals surface area contributed by atoms with Crippen LogP contribution in [0.1, 0.15) is 77.7 Å². The van der Waals surface area contributed by atoms with Crippen LogP contribution in [-0.2, 0) is 16.1 Å². The van der Waals surface area contributed by atoms with Crippen molar-refractivity contribution in [3.05, 3.63) is 35.4 Å². The van der Waals surface area contributed by atoms with Gasteiger partial charge in [0.25, 0.3) is 5.91 Å². The van der Waals surface area contributed by atoms with Crippen LogP contribution >= 0.6 is 0 Å². The van der Waals surface area contributed by atoms with Crippen molar-refractivity contribution in [1.82, 2.24) is 5.32 Å². The van der Waals surface area contributed by atoms with Gasteiger partial charge in [-0.3, -0.25) is 4.79 Å². The van der Waals surface area contributed by atoms with Crippen LogP contribution < -0.4 is 5.32 Å². The second-order valence-electron chi connectivity index (χ2n) is 12.6. The van der Waals surface area contributed by atoms with E-state index in [1.165, 1.54) is 30.5 Å². The van der Waals surface area contributed by atoms with E-state index in [1.54, 1.807) is 6.07 Å². The van der Waals surface area contributed by atoms with Crippen molar-refractivity contribution < 1.29 is 25.0 Å². The SMILES string of the molecule is C[C@]12CC/C(=N\OCC(=O)NCCc3ccc(O)c(O)c3)C=C1CC[C@@H]1C2CC[C@@]2(C)C1CC[C@]2(C)O. The Labute approximate surface area is 220 Å². The second-order valence-corrected chi connectivity index (χ2v) is 12.6. The predicted octanol–water partition coefficient (Wildman–Crippen LogP) is 4.84. The van der Waals surface area contributed by atoms with E-state index in [2.05, 4.69) is 37.3 Å². The zero-order valence-corrected chi connectivity index (χ0v) is 22.4. The summed E-state index contributed by atoms with van der Waals surface area (Å²) >= 11 is 0. The molecule has 7 heteroatoms. The molecule has 0 radical (unpaired) electrons. The second kappa shape index (κ2) is 9.64. The fourth-order valence-corrected chi connectivity index (χ4v) is 8.18.